The molecule has 10 rings (SSSR count). The van der Waals surface area contributed by atoms with E-state index in [1.807, 2.05) is 56.6 Å². The van der Waals surface area contributed by atoms with Crippen LogP contribution in [0.2, 0.25) is 0 Å². The third-order valence-electron chi connectivity index (χ3n) is 13.7. The summed E-state index contributed by atoms with van der Waals surface area (Å²) in [6.45, 7) is 10.9. The number of rotatable bonds is 8. The zero-order valence-corrected chi connectivity index (χ0v) is 33.9. The van der Waals surface area contributed by atoms with Gasteiger partial charge in [-0.15, -0.1) is 0 Å². The fourth-order valence-corrected chi connectivity index (χ4v) is 11.4. The monoisotopic (exact) mass is 746 g/mol. The minimum Gasteiger partial charge on any atom is -0.507 e. The molecule has 5 saturated carbocycles. The minimum atomic E-state index is -0.0422. The maximum atomic E-state index is 12.2. The Hall–Kier alpha value is -4.64. The molecule has 5 aromatic rings. The van der Waals surface area contributed by atoms with E-state index >= 15 is 0 Å². The van der Waals surface area contributed by atoms with Gasteiger partial charge in [0.1, 0.15) is 17.2 Å². The Bertz CT molecular complexity index is 2310. The van der Waals surface area contributed by atoms with Gasteiger partial charge >= 0.3 is 0 Å². The number of benzene rings is 5. The summed E-state index contributed by atoms with van der Waals surface area (Å²) in [4.78, 5) is 10.5. The molecule has 0 amide bonds. The Kier molecular flexibility index (Phi) is 9.49. The van der Waals surface area contributed by atoms with Crippen LogP contribution in [0.4, 0.5) is 0 Å². The lowest BCUT2D eigenvalue weighted by atomic mass is 9.47. The van der Waals surface area contributed by atoms with Crippen LogP contribution in [0.3, 0.4) is 0 Å². The van der Waals surface area contributed by atoms with Gasteiger partial charge in [-0.1, -0.05) is 94.3 Å². The lowest BCUT2D eigenvalue weighted by Crippen LogP contribution is -2.48. The predicted octanol–water partition coefficient (Wildman–Crippen LogP) is 12.5. The van der Waals surface area contributed by atoms with Crippen molar-refractivity contribution in [1.29, 1.82) is 0 Å². The summed E-state index contributed by atoms with van der Waals surface area (Å²) in [5, 5.41) is 28.5. The number of hydrogen-bond acceptors (Lipinski definition) is 5. The molecule has 5 aliphatic rings. The van der Waals surface area contributed by atoms with Gasteiger partial charge in [-0.2, -0.15) is 0 Å². The van der Waals surface area contributed by atoms with Crippen LogP contribution in [0.1, 0.15) is 121 Å². The molecule has 56 heavy (non-hydrogen) atoms. The summed E-state index contributed by atoms with van der Waals surface area (Å²) >= 11 is 0. The number of nitrogens with zero attached hydrogens (tertiary/aromatic N) is 2. The number of phenolic OH excluding ortho intramolecular Hbond substituents is 2. The number of hydrogen-bond donors (Lipinski definition) is 2. The average molecular weight is 747 g/mol. The largest absolute Gasteiger partial charge is 0.507 e. The first kappa shape index (κ1) is 37.0. The summed E-state index contributed by atoms with van der Waals surface area (Å²) in [5.74, 6) is 3.81. The van der Waals surface area contributed by atoms with Crippen molar-refractivity contribution in [2.45, 2.75) is 128 Å². The summed E-state index contributed by atoms with van der Waals surface area (Å²) < 4.78 is 6.41. The van der Waals surface area contributed by atoms with Crippen LogP contribution in [0.5, 0.6) is 17.2 Å². The van der Waals surface area contributed by atoms with E-state index in [0.717, 1.165) is 87.4 Å². The van der Waals surface area contributed by atoms with Crippen molar-refractivity contribution >= 4 is 34.0 Å². The van der Waals surface area contributed by atoms with E-state index in [9.17, 15) is 10.2 Å². The predicted molar refractivity (Wildman–Crippen MR) is 232 cm³/mol. The number of phenols is 2. The second-order valence-corrected chi connectivity index (χ2v) is 19.1. The van der Waals surface area contributed by atoms with E-state index in [4.69, 9.17) is 14.7 Å². The van der Waals surface area contributed by atoms with Crippen LogP contribution in [-0.2, 0) is 10.8 Å². The molecule has 0 heterocycles. The number of aliphatic imine (C=N–C) groups is 2. The van der Waals surface area contributed by atoms with Crippen LogP contribution in [0.15, 0.2) is 88.8 Å². The normalized spacial score (nSPS) is 26.4. The number of fused-ring (bicyclic) bond motifs is 2. The first-order chi connectivity index (χ1) is 27.0. The van der Waals surface area contributed by atoms with Crippen LogP contribution in [0, 0.1) is 17.8 Å². The lowest BCUT2D eigenvalue weighted by molar-refractivity contribution is -0.00619. The Balaban J connectivity index is 1.08. The SMILES string of the molecule is CC(C)Oc1ccc2ccccc2c1-c1c(O)c(C=N[C@H]2CCCC[C@@H]2N=Cc2cc(C(C)(C)C)cc(C34CC5CC(CC(C5)C3)C4)c2O)cc2ccccc12. The average Bonchev–Trinajstić information content (AvgIpc) is 3.16. The van der Waals surface area contributed by atoms with Gasteiger partial charge in [0.05, 0.1) is 18.2 Å². The molecular weight excluding hydrogens is 689 g/mol. The molecule has 0 aliphatic heterocycles. The van der Waals surface area contributed by atoms with Gasteiger partial charge in [-0.3, -0.25) is 9.98 Å². The molecular formula is C51H58N2O3. The van der Waals surface area contributed by atoms with Gasteiger partial charge in [0, 0.05) is 40.2 Å². The highest BCUT2D eigenvalue weighted by Gasteiger charge is 2.52. The molecule has 0 radical (unpaired) electrons. The fourth-order valence-electron chi connectivity index (χ4n) is 11.4. The second kappa shape index (κ2) is 14.4. The molecule has 5 aliphatic carbocycles. The smallest absolute Gasteiger partial charge is 0.132 e. The van der Waals surface area contributed by atoms with Gasteiger partial charge < -0.3 is 14.9 Å². The lowest BCUT2D eigenvalue weighted by Gasteiger charge is -2.57. The van der Waals surface area contributed by atoms with Crippen LogP contribution >= 0.6 is 0 Å². The maximum Gasteiger partial charge on any atom is 0.132 e. The molecule has 0 aromatic heterocycles. The molecule has 0 spiro atoms. The first-order valence-electron chi connectivity index (χ1n) is 21.3. The molecule has 290 valence electrons. The molecule has 5 nitrogen and oxygen atoms in total. The molecule has 2 atom stereocenters. The van der Waals surface area contributed by atoms with Crippen molar-refractivity contribution < 1.29 is 14.9 Å². The standard InChI is InChI=1S/C51H58N2O3/c1-31(2)56-45-19-18-35-12-6-8-14-40(35)46(45)47-41-15-9-7-13-36(41)23-37(49(47)55)29-52-43-16-10-11-17-44(43)53-30-38-24-39(50(3,4)5)25-42(48(38)54)51-26-32-20-33(27-51)22-34(21-32)28-51/h6-9,12-15,18-19,23-25,29-34,43-44,54-55H,10-11,16-17,20-22,26-28H2,1-5H3/t32?,33?,34?,43-,44-,51?/m0/s1. The Morgan fingerprint density at radius 3 is 1.82 bits per heavy atom. The molecule has 4 bridgehead atoms. The minimum absolute atomic E-state index is 0.00752. The first-order valence-corrected chi connectivity index (χ1v) is 21.3. The van der Waals surface area contributed by atoms with Crippen LogP contribution in [-0.4, -0.2) is 40.8 Å². The quantitative estimate of drug-likeness (QED) is 0.155. The van der Waals surface area contributed by atoms with Crippen LogP contribution < -0.4 is 4.74 Å². The Morgan fingerprint density at radius 2 is 1.23 bits per heavy atom. The zero-order valence-electron chi connectivity index (χ0n) is 33.9. The highest BCUT2D eigenvalue weighted by Crippen LogP contribution is 2.62. The Labute approximate surface area is 333 Å². The van der Waals surface area contributed by atoms with E-state index in [2.05, 4.69) is 69.3 Å². The highest BCUT2D eigenvalue weighted by atomic mass is 16.5. The van der Waals surface area contributed by atoms with Crippen LogP contribution in [0.25, 0.3) is 32.7 Å². The van der Waals surface area contributed by atoms with Crippen molar-refractivity contribution in [2.75, 3.05) is 0 Å². The van der Waals surface area contributed by atoms with Gasteiger partial charge in [-0.25, -0.2) is 0 Å². The maximum absolute atomic E-state index is 12.2. The van der Waals surface area contributed by atoms with Crippen molar-refractivity contribution in [3.05, 3.63) is 101 Å². The van der Waals surface area contributed by atoms with E-state index in [0.29, 0.717) is 11.3 Å². The second-order valence-electron chi connectivity index (χ2n) is 19.1. The summed E-state index contributed by atoms with van der Waals surface area (Å²) in [6.07, 6.45) is 15.7. The molecule has 5 aromatic carbocycles. The van der Waals surface area contributed by atoms with Crippen molar-refractivity contribution in [3.8, 4) is 28.4 Å². The van der Waals surface area contributed by atoms with Gasteiger partial charge in [-0.05, 0) is 139 Å². The van der Waals surface area contributed by atoms with E-state index in [-0.39, 0.29) is 34.8 Å². The molecule has 5 heteroatoms. The van der Waals surface area contributed by atoms with E-state index < -0.39 is 0 Å². The van der Waals surface area contributed by atoms with Gasteiger partial charge in [0.25, 0.3) is 0 Å². The van der Waals surface area contributed by atoms with Crippen molar-refractivity contribution in [1.82, 2.24) is 0 Å². The highest BCUT2D eigenvalue weighted by molar-refractivity contribution is 6.12. The summed E-state index contributed by atoms with van der Waals surface area (Å²) in [6, 6.07) is 27.2. The number of aromatic hydroxyl groups is 2. The third-order valence-corrected chi connectivity index (χ3v) is 13.7. The molecule has 5 fully saturated rings. The van der Waals surface area contributed by atoms with E-state index in [1.54, 1.807) is 0 Å². The van der Waals surface area contributed by atoms with Gasteiger partial charge in [0.15, 0.2) is 0 Å². The molecule has 2 N–H and O–H groups in total. The van der Waals surface area contributed by atoms with Gasteiger partial charge in [0.2, 0.25) is 0 Å². The summed E-state index contributed by atoms with van der Waals surface area (Å²) in [5.41, 5.74) is 5.70. The topological polar surface area (TPSA) is 74.4 Å². The van der Waals surface area contributed by atoms with Crippen molar-refractivity contribution in [3.63, 3.8) is 0 Å². The van der Waals surface area contributed by atoms with E-state index in [1.165, 1.54) is 49.7 Å². The number of ether oxygens (including phenoxy) is 1. The zero-order chi connectivity index (χ0) is 38.8. The van der Waals surface area contributed by atoms with Crippen molar-refractivity contribution in [2.24, 2.45) is 27.7 Å². The fraction of sp³-hybridized carbons (Fsp3) is 0.451. The Morgan fingerprint density at radius 1 is 0.679 bits per heavy atom. The summed E-state index contributed by atoms with van der Waals surface area (Å²) in [7, 11) is 0. The third kappa shape index (κ3) is 6.79. The molecule has 0 unspecified atom stereocenters. The molecule has 0 saturated heterocycles.